The molecule has 1 heterocycles. The van der Waals surface area contributed by atoms with Gasteiger partial charge in [0.15, 0.2) is 5.96 Å². The van der Waals surface area contributed by atoms with E-state index in [9.17, 15) is 9.70 Å². The van der Waals surface area contributed by atoms with E-state index in [0.29, 0.717) is 12.2 Å². The Balaban J connectivity index is 1.57. The summed E-state index contributed by atoms with van der Waals surface area (Å²) in [5.41, 5.74) is 1.15. The SMILES string of the molecule is N=C1NC(CCC2CCCCC2)C(=O)N1Cc1cccc(N=O)c1. The van der Waals surface area contributed by atoms with Crippen molar-refractivity contribution in [2.24, 2.45) is 11.1 Å². The minimum atomic E-state index is -0.285. The lowest BCUT2D eigenvalue weighted by Gasteiger charge is -2.22. The number of carbonyl (C=O) groups excluding carboxylic acids is 1. The van der Waals surface area contributed by atoms with Crippen LogP contribution < -0.4 is 5.32 Å². The van der Waals surface area contributed by atoms with E-state index in [-0.39, 0.29) is 17.9 Å². The molecular weight excluding hydrogens is 304 g/mol. The van der Waals surface area contributed by atoms with Crippen molar-refractivity contribution < 1.29 is 4.79 Å². The highest BCUT2D eigenvalue weighted by Gasteiger charge is 2.35. The first kappa shape index (κ1) is 16.6. The number of benzene rings is 1. The largest absolute Gasteiger partial charge is 0.344 e. The Morgan fingerprint density at radius 1 is 1.21 bits per heavy atom. The summed E-state index contributed by atoms with van der Waals surface area (Å²) in [4.78, 5) is 24.7. The van der Waals surface area contributed by atoms with Gasteiger partial charge in [0, 0.05) is 0 Å². The Hall–Kier alpha value is -2.24. The number of guanidine groups is 1. The zero-order valence-corrected chi connectivity index (χ0v) is 13.8. The van der Waals surface area contributed by atoms with Crippen LogP contribution in [0.15, 0.2) is 29.4 Å². The van der Waals surface area contributed by atoms with E-state index in [1.165, 1.54) is 37.0 Å². The number of nitrogens with one attached hydrogen (secondary N) is 2. The molecule has 1 aliphatic carbocycles. The third-order valence-electron chi connectivity index (χ3n) is 5.09. The van der Waals surface area contributed by atoms with E-state index in [2.05, 4.69) is 10.5 Å². The van der Waals surface area contributed by atoms with E-state index in [1.807, 2.05) is 6.07 Å². The number of amides is 1. The Morgan fingerprint density at radius 3 is 2.75 bits per heavy atom. The van der Waals surface area contributed by atoms with Crippen LogP contribution in [0.5, 0.6) is 0 Å². The van der Waals surface area contributed by atoms with Gasteiger partial charge in [-0.05, 0) is 41.6 Å². The van der Waals surface area contributed by atoms with Crippen molar-refractivity contribution in [2.75, 3.05) is 0 Å². The maximum Gasteiger partial charge on any atom is 0.252 e. The summed E-state index contributed by atoms with van der Waals surface area (Å²) in [6, 6.07) is 6.57. The average Bonchev–Trinajstić information content (AvgIpc) is 2.88. The first-order valence-electron chi connectivity index (χ1n) is 8.76. The molecule has 1 saturated carbocycles. The molecular formula is C18H24N4O2. The summed E-state index contributed by atoms with van der Waals surface area (Å²) in [6.45, 7) is 0.300. The Bertz CT molecular complexity index is 625. The summed E-state index contributed by atoms with van der Waals surface area (Å²) in [5.74, 6) is 0.838. The summed E-state index contributed by atoms with van der Waals surface area (Å²) in [6.07, 6.45) is 8.33. The highest BCUT2D eigenvalue weighted by Crippen LogP contribution is 2.28. The standard InChI is InChI=1S/C18H24N4O2/c19-18-20-16(10-9-13-5-2-1-3-6-13)17(23)22(18)12-14-7-4-8-15(11-14)21-24/h4,7-8,11,13,16H,1-3,5-6,9-10,12H2,(H2,19,20). The third-order valence-corrected chi connectivity index (χ3v) is 5.09. The summed E-state index contributed by atoms with van der Waals surface area (Å²) >= 11 is 0. The topological polar surface area (TPSA) is 85.6 Å². The van der Waals surface area contributed by atoms with Crippen LogP contribution >= 0.6 is 0 Å². The summed E-state index contributed by atoms with van der Waals surface area (Å²) in [7, 11) is 0. The van der Waals surface area contributed by atoms with Crippen molar-refractivity contribution in [3.8, 4) is 0 Å². The molecule has 0 radical (unpaired) electrons. The van der Waals surface area contributed by atoms with Crippen LogP contribution in [0, 0.1) is 16.2 Å². The molecule has 1 unspecified atom stereocenters. The summed E-state index contributed by atoms with van der Waals surface area (Å²) < 4.78 is 0. The van der Waals surface area contributed by atoms with Crippen molar-refractivity contribution in [2.45, 2.75) is 57.5 Å². The van der Waals surface area contributed by atoms with Crippen LogP contribution in [0.2, 0.25) is 0 Å². The molecule has 2 aliphatic rings. The fourth-order valence-corrected chi connectivity index (χ4v) is 3.73. The number of carbonyl (C=O) groups is 1. The zero-order chi connectivity index (χ0) is 16.9. The second-order valence-electron chi connectivity index (χ2n) is 6.81. The minimum absolute atomic E-state index is 0.0414. The Morgan fingerprint density at radius 2 is 2.00 bits per heavy atom. The van der Waals surface area contributed by atoms with Crippen LogP contribution in [0.25, 0.3) is 0 Å². The molecule has 6 nitrogen and oxygen atoms in total. The molecule has 24 heavy (non-hydrogen) atoms. The highest BCUT2D eigenvalue weighted by atomic mass is 16.3. The second kappa shape index (κ2) is 7.55. The van der Waals surface area contributed by atoms with Crippen LogP contribution in [0.1, 0.15) is 50.5 Å². The van der Waals surface area contributed by atoms with Gasteiger partial charge in [0.05, 0.1) is 6.54 Å². The van der Waals surface area contributed by atoms with Crippen LogP contribution in [0.4, 0.5) is 5.69 Å². The summed E-state index contributed by atoms with van der Waals surface area (Å²) in [5, 5.41) is 14.0. The molecule has 6 heteroatoms. The first-order chi connectivity index (χ1) is 11.7. The molecule has 0 bridgehead atoms. The lowest BCUT2D eigenvalue weighted by Crippen LogP contribution is -2.31. The molecule has 0 spiro atoms. The maximum absolute atomic E-state index is 12.6. The molecule has 0 aromatic heterocycles. The number of hydrogen-bond acceptors (Lipinski definition) is 4. The molecule has 3 rings (SSSR count). The molecule has 1 aromatic rings. The molecule has 1 saturated heterocycles. The minimum Gasteiger partial charge on any atom is -0.344 e. The number of rotatable bonds is 6. The van der Waals surface area contributed by atoms with Gasteiger partial charge < -0.3 is 5.32 Å². The third kappa shape index (κ3) is 3.80. The maximum atomic E-state index is 12.6. The molecule has 1 aromatic carbocycles. The Labute approximate surface area is 142 Å². The van der Waals surface area contributed by atoms with Crippen molar-refractivity contribution in [1.29, 1.82) is 5.41 Å². The predicted molar refractivity (Wildman–Crippen MR) is 92.9 cm³/mol. The Kier molecular flexibility index (Phi) is 5.23. The van der Waals surface area contributed by atoms with Gasteiger partial charge in [0.2, 0.25) is 0 Å². The van der Waals surface area contributed by atoms with Crippen molar-refractivity contribution in [1.82, 2.24) is 10.2 Å². The van der Waals surface area contributed by atoms with Gasteiger partial charge >= 0.3 is 0 Å². The lowest BCUT2D eigenvalue weighted by molar-refractivity contribution is -0.127. The molecule has 1 amide bonds. The molecule has 1 atom stereocenters. The van der Waals surface area contributed by atoms with E-state index in [1.54, 1.807) is 18.2 Å². The van der Waals surface area contributed by atoms with Gasteiger partial charge in [-0.2, -0.15) is 0 Å². The predicted octanol–water partition coefficient (Wildman–Crippen LogP) is 3.68. The first-order valence-corrected chi connectivity index (χ1v) is 8.76. The smallest absolute Gasteiger partial charge is 0.252 e. The van der Waals surface area contributed by atoms with Gasteiger partial charge in [-0.15, -0.1) is 4.91 Å². The van der Waals surface area contributed by atoms with Gasteiger partial charge in [-0.3, -0.25) is 15.1 Å². The van der Waals surface area contributed by atoms with Crippen molar-refractivity contribution in [3.05, 3.63) is 34.7 Å². The molecule has 2 fully saturated rings. The number of nitrogens with zero attached hydrogens (tertiary/aromatic N) is 2. The number of nitroso groups, excluding NO2 is 1. The molecule has 2 N–H and O–H groups in total. The van der Waals surface area contributed by atoms with Gasteiger partial charge in [-0.1, -0.05) is 44.2 Å². The zero-order valence-electron chi connectivity index (χ0n) is 13.8. The van der Waals surface area contributed by atoms with E-state index < -0.39 is 0 Å². The quantitative estimate of drug-likeness (QED) is 0.781. The lowest BCUT2D eigenvalue weighted by atomic mass is 9.85. The van der Waals surface area contributed by atoms with Gasteiger partial charge in [0.1, 0.15) is 11.7 Å². The van der Waals surface area contributed by atoms with Crippen LogP contribution in [-0.2, 0) is 11.3 Å². The fourth-order valence-electron chi connectivity index (χ4n) is 3.73. The van der Waals surface area contributed by atoms with E-state index in [0.717, 1.165) is 24.3 Å². The molecule has 1 aliphatic heterocycles. The monoisotopic (exact) mass is 328 g/mol. The molecule has 128 valence electrons. The van der Waals surface area contributed by atoms with Crippen molar-refractivity contribution in [3.63, 3.8) is 0 Å². The van der Waals surface area contributed by atoms with E-state index >= 15 is 0 Å². The number of hydrogen-bond donors (Lipinski definition) is 2. The van der Waals surface area contributed by atoms with Crippen LogP contribution in [-0.4, -0.2) is 22.8 Å². The normalized spacial score (nSPS) is 21.8. The fraction of sp³-hybridized carbons (Fsp3) is 0.556. The van der Waals surface area contributed by atoms with Gasteiger partial charge in [0.25, 0.3) is 5.91 Å². The van der Waals surface area contributed by atoms with Gasteiger partial charge in [-0.25, -0.2) is 0 Å². The second-order valence-corrected chi connectivity index (χ2v) is 6.81. The van der Waals surface area contributed by atoms with E-state index in [4.69, 9.17) is 5.41 Å². The van der Waals surface area contributed by atoms with Crippen molar-refractivity contribution >= 4 is 17.6 Å². The van der Waals surface area contributed by atoms with Crippen LogP contribution in [0.3, 0.4) is 0 Å². The highest BCUT2D eigenvalue weighted by molar-refractivity contribution is 6.05. The average molecular weight is 328 g/mol.